The van der Waals surface area contributed by atoms with Crippen molar-refractivity contribution in [3.63, 3.8) is 0 Å². The van der Waals surface area contributed by atoms with Gasteiger partial charge in [-0.05, 0) is 57.9 Å². The van der Waals surface area contributed by atoms with Gasteiger partial charge in [-0.15, -0.1) is 0 Å². The average molecular weight is 366 g/mol. The van der Waals surface area contributed by atoms with E-state index in [1.807, 2.05) is 61.3 Å². The molecule has 3 aromatic rings. The number of nitrogens with one attached hydrogen (secondary N) is 1. The molecule has 1 amide bonds. The van der Waals surface area contributed by atoms with Crippen LogP contribution in [0.3, 0.4) is 0 Å². The molecule has 0 saturated carbocycles. The SMILES string of the molecule is Cc1cc(C)n(Cc2ccc(C(=O)NCCCn3nc(C)nc3C)cc2)n1. The molecule has 1 N–H and O–H groups in total. The summed E-state index contributed by atoms with van der Waals surface area (Å²) in [5, 5.41) is 11.8. The van der Waals surface area contributed by atoms with Crippen molar-refractivity contribution in [1.29, 1.82) is 0 Å². The van der Waals surface area contributed by atoms with E-state index < -0.39 is 0 Å². The second-order valence-corrected chi connectivity index (χ2v) is 6.82. The highest BCUT2D eigenvalue weighted by Crippen LogP contribution is 2.09. The number of aryl methyl sites for hydroxylation is 5. The number of benzene rings is 1. The molecule has 0 saturated heterocycles. The van der Waals surface area contributed by atoms with E-state index in [0.717, 1.165) is 41.6 Å². The Bertz CT molecular complexity index is 923. The van der Waals surface area contributed by atoms with Crippen LogP contribution in [-0.2, 0) is 13.1 Å². The molecule has 0 radical (unpaired) electrons. The van der Waals surface area contributed by atoms with Crippen molar-refractivity contribution in [2.24, 2.45) is 0 Å². The minimum atomic E-state index is -0.0563. The zero-order chi connectivity index (χ0) is 19.4. The molecule has 27 heavy (non-hydrogen) atoms. The first-order valence-corrected chi connectivity index (χ1v) is 9.18. The van der Waals surface area contributed by atoms with E-state index in [0.29, 0.717) is 18.7 Å². The van der Waals surface area contributed by atoms with Crippen molar-refractivity contribution in [3.8, 4) is 0 Å². The van der Waals surface area contributed by atoms with Gasteiger partial charge in [0.15, 0.2) is 0 Å². The van der Waals surface area contributed by atoms with Crippen LogP contribution in [0.1, 0.15) is 45.4 Å². The Labute approximate surface area is 159 Å². The normalized spacial score (nSPS) is 11.0. The molecule has 0 aliphatic rings. The maximum absolute atomic E-state index is 12.3. The number of nitrogens with zero attached hydrogens (tertiary/aromatic N) is 5. The summed E-state index contributed by atoms with van der Waals surface area (Å²) in [6.45, 7) is 9.90. The van der Waals surface area contributed by atoms with Crippen molar-refractivity contribution in [3.05, 3.63) is 64.5 Å². The fourth-order valence-corrected chi connectivity index (χ4v) is 3.08. The summed E-state index contributed by atoms with van der Waals surface area (Å²) in [6.07, 6.45) is 0.811. The van der Waals surface area contributed by atoms with Gasteiger partial charge >= 0.3 is 0 Å². The lowest BCUT2D eigenvalue weighted by atomic mass is 10.1. The Morgan fingerprint density at radius 2 is 1.78 bits per heavy atom. The Kier molecular flexibility index (Phi) is 5.69. The highest BCUT2D eigenvalue weighted by atomic mass is 16.1. The van der Waals surface area contributed by atoms with E-state index in [1.54, 1.807) is 0 Å². The topological polar surface area (TPSA) is 77.6 Å². The predicted octanol–water partition coefficient (Wildman–Crippen LogP) is 2.58. The maximum atomic E-state index is 12.3. The number of amides is 1. The largest absolute Gasteiger partial charge is 0.352 e. The van der Waals surface area contributed by atoms with Crippen molar-refractivity contribution in [1.82, 2.24) is 29.9 Å². The Morgan fingerprint density at radius 3 is 2.37 bits per heavy atom. The third kappa shape index (κ3) is 4.81. The third-order valence-electron chi connectivity index (χ3n) is 4.45. The summed E-state index contributed by atoms with van der Waals surface area (Å²) < 4.78 is 3.84. The first-order chi connectivity index (χ1) is 12.9. The summed E-state index contributed by atoms with van der Waals surface area (Å²) >= 11 is 0. The fraction of sp³-hybridized carbons (Fsp3) is 0.400. The van der Waals surface area contributed by atoms with Crippen molar-refractivity contribution in [2.75, 3.05) is 6.54 Å². The van der Waals surface area contributed by atoms with Gasteiger partial charge in [-0.1, -0.05) is 12.1 Å². The molecule has 0 unspecified atom stereocenters. The van der Waals surface area contributed by atoms with Crippen LogP contribution in [0.2, 0.25) is 0 Å². The Balaban J connectivity index is 1.48. The molecule has 7 nitrogen and oxygen atoms in total. The van der Waals surface area contributed by atoms with E-state index in [1.165, 1.54) is 0 Å². The summed E-state index contributed by atoms with van der Waals surface area (Å²) in [5.41, 5.74) is 3.93. The lowest BCUT2D eigenvalue weighted by molar-refractivity contribution is 0.0952. The molecule has 0 bridgehead atoms. The van der Waals surface area contributed by atoms with E-state index in [4.69, 9.17) is 0 Å². The molecule has 0 aliphatic heterocycles. The second kappa shape index (κ2) is 8.16. The zero-order valence-corrected chi connectivity index (χ0v) is 16.4. The summed E-state index contributed by atoms with van der Waals surface area (Å²) in [6, 6.07) is 9.74. The molecule has 142 valence electrons. The van der Waals surface area contributed by atoms with Gasteiger partial charge in [0.1, 0.15) is 11.6 Å². The average Bonchev–Trinajstić information content (AvgIpc) is 3.12. The highest BCUT2D eigenvalue weighted by Gasteiger charge is 2.07. The van der Waals surface area contributed by atoms with E-state index in [9.17, 15) is 4.79 Å². The minimum Gasteiger partial charge on any atom is -0.352 e. The van der Waals surface area contributed by atoms with E-state index in [-0.39, 0.29) is 5.91 Å². The molecule has 2 aromatic heterocycles. The first kappa shape index (κ1) is 18.8. The molecule has 2 heterocycles. The lowest BCUT2D eigenvalue weighted by Gasteiger charge is -2.08. The Hall–Kier alpha value is -2.96. The van der Waals surface area contributed by atoms with Crippen LogP contribution < -0.4 is 5.32 Å². The van der Waals surface area contributed by atoms with Gasteiger partial charge in [-0.25, -0.2) is 4.98 Å². The lowest BCUT2D eigenvalue weighted by Crippen LogP contribution is -2.25. The minimum absolute atomic E-state index is 0.0563. The number of carbonyl (C=O) groups excluding carboxylic acids is 1. The quantitative estimate of drug-likeness (QED) is 0.652. The van der Waals surface area contributed by atoms with Crippen molar-refractivity contribution >= 4 is 5.91 Å². The molecule has 1 aromatic carbocycles. The van der Waals surface area contributed by atoms with Gasteiger partial charge in [-0.3, -0.25) is 14.2 Å². The summed E-state index contributed by atoms with van der Waals surface area (Å²) in [7, 11) is 0. The van der Waals surface area contributed by atoms with Gasteiger partial charge < -0.3 is 5.32 Å². The molecule has 0 spiro atoms. The standard InChI is InChI=1S/C20H26N6O/c1-14-12-15(2)26(23-14)13-18-6-8-19(9-7-18)20(27)21-10-5-11-25-17(4)22-16(3)24-25/h6-9,12H,5,10-11,13H2,1-4H3,(H,21,27). The first-order valence-electron chi connectivity index (χ1n) is 9.18. The summed E-state index contributed by atoms with van der Waals surface area (Å²) in [4.78, 5) is 16.6. The highest BCUT2D eigenvalue weighted by molar-refractivity contribution is 5.94. The van der Waals surface area contributed by atoms with Gasteiger partial charge in [0.2, 0.25) is 0 Å². The van der Waals surface area contributed by atoms with Crippen LogP contribution in [0.4, 0.5) is 0 Å². The maximum Gasteiger partial charge on any atom is 0.251 e. The van der Waals surface area contributed by atoms with E-state index in [2.05, 4.69) is 26.6 Å². The zero-order valence-electron chi connectivity index (χ0n) is 16.4. The van der Waals surface area contributed by atoms with Gasteiger partial charge in [-0.2, -0.15) is 10.2 Å². The predicted molar refractivity (Wildman–Crippen MR) is 104 cm³/mol. The smallest absolute Gasteiger partial charge is 0.251 e. The van der Waals surface area contributed by atoms with Gasteiger partial charge in [0.25, 0.3) is 5.91 Å². The van der Waals surface area contributed by atoms with Crippen LogP contribution in [0, 0.1) is 27.7 Å². The molecule has 0 fully saturated rings. The molecular weight excluding hydrogens is 340 g/mol. The third-order valence-corrected chi connectivity index (χ3v) is 4.45. The van der Waals surface area contributed by atoms with Crippen molar-refractivity contribution in [2.45, 2.75) is 47.2 Å². The number of hydrogen-bond acceptors (Lipinski definition) is 4. The van der Waals surface area contributed by atoms with Gasteiger partial charge in [0, 0.05) is 24.3 Å². The molecule has 7 heteroatoms. The molecule has 3 rings (SSSR count). The van der Waals surface area contributed by atoms with Crippen LogP contribution in [0.5, 0.6) is 0 Å². The molecule has 0 atom stereocenters. The molecule has 0 aliphatic carbocycles. The fourth-order valence-electron chi connectivity index (χ4n) is 3.08. The van der Waals surface area contributed by atoms with E-state index >= 15 is 0 Å². The van der Waals surface area contributed by atoms with Crippen molar-refractivity contribution < 1.29 is 4.79 Å². The Morgan fingerprint density at radius 1 is 1.04 bits per heavy atom. The monoisotopic (exact) mass is 366 g/mol. The van der Waals surface area contributed by atoms with Crippen LogP contribution >= 0.6 is 0 Å². The van der Waals surface area contributed by atoms with Crippen LogP contribution in [0.25, 0.3) is 0 Å². The number of rotatable bonds is 7. The van der Waals surface area contributed by atoms with Crippen LogP contribution in [0.15, 0.2) is 30.3 Å². The van der Waals surface area contributed by atoms with Crippen LogP contribution in [-0.4, -0.2) is 37.0 Å². The molecular formula is C20H26N6O. The number of aromatic nitrogens is 5. The second-order valence-electron chi connectivity index (χ2n) is 6.82. The summed E-state index contributed by atoms with van der Waals surface area (Å²) in [5.74, 6) is 1.62. The number of hydrogen-bond donors (Lipinski definition) is 1. The number of carbonyl (C=O) groups is 1. The van der Waals surface area contributed by atoms with Gasteiger partial charge in [0.05, 0.1) is 12.2 Å².